The number of hydrogen-bond acceptors (Lipinski definition) is 4. The molecule has 0 aromatic heterocycles. The molecule has 6 nitrogen and oxygen atoms in total. The summed E-state index contributed by atoms with van der Waals surface area (Å²) < 4.78 is 22.6. The fourth-order valence-electron chi connectivity index (χ4n) is 1.97. The molecule has 1 rings (SSSR count). The number of carbonyl (C=O) groups excluding carboxylic acids is 1. The lowest BCUT2D eigenvalue weighted by Crippen LogP contribution is -2.48. The van der Waals surface area contributed by atoms with E-state index in [1.165, 1.54) is 14.0 Å². The number of aliphatic carboxylic acids is 1. The molecule has 2 N–H and O–H groups in total. The highest BCUT2D eigenvalue weighted by Gasteiger charge is 2.51. The standard InChI is InChI=1S/C9H15NO5S/c1-9(8(12)13,7(11)10-2)6-3-4-16(14,15)5-6/h6H,3-5H2,1-2H3,(H,10,11)(H,12,13). The highest BCUT2D eigenvalue weighted by molar-refractivity contribution is 7.91. The first kappa shape index (κ1) is 13.0. The molecule has 0 aromatic rings. The van der Waals surface area contributed by atoms with E-state index in [0.29, 0.717) is 0 Å². The van der Waals surface area contributed by atoms with E-state index in [0.717, 1.165) is 0 Å². The Morgan fingerprint density at radius 1 is 1.44 bits per heavy atom. The fourth-order valence-corrected chi connectivity index (χ4v) is 3.89. The predicted molar refractivity (Wildman–Crippen MR) is 56.6 cm³/mol. The highest BCUT2D eigenvalue weighted by Crippen LogP contribution is 2.36. The van der Waals surface area contributed by atoms with Crippen LogP contribution < -0.4 is 5.32 Å². The monoisotopic (exact) mass is 249 g/mol. The molecular formula is C9H15NO5S. The number of carboxylic acid groups (broad SMARTS) is 1. The summed E-state index contributed by atoms with van der Waals surface area (Å²) in [5, 5.41) is 11.4. The van der Waals surface area contributed by atoms with E-state index in [1.807, 2.05) is 0 Å². The van der Waals surface area contributed by atoms with Crippen LogP contribution in [0, 0.1) is 11.3 Å². The summed E-state index contributed by atoms with van der Waals surface area (Å²) in [5.74, 6) is -2.87. The number of rotatable bonds is 3. The number of nitrogens with one attached hydrogen (secondary N) is 1. The quantitative estimate of drug-likeness (QED) is 0.641. The van der Waals surface area contributed by atoms with Gasteiger partial charge in [0.05, 0.1) is 11.5 Å². The van der Waals surface area contributed by atoms with Gasteiger partial charge < -0.3 is 10.4 Å². The van der Waals surface area contributed by atoms with E-state index < -0.39 is 33.0 Å². The third-order valence-corrected chi connectivity index (χ3v) is 4.96. The molecule has 1 heterocycles. The third kappa shape index (κ3) is 2.04. The maximum absolute atomic E-state index is 11.6. The van der Waals surface area contributed by atoms with Gasteiger partial charge in [-0.15, -0.1) is 0 Å². The van der Waals surface area contributed by atoms with Gasteiger partial charge in [-0.25, -0.2) is 8.42 Å². The maximum atomic E-state index is 11.6. The van der Waals surface area contributed by atoms with Crippen molar-refractivity contribution in [1.29, 1.82) is 0 Å². The molecule has 1 aliphatic heterocycles. The molecule has 1 fully saturated rings. The molecule has 0 aliphatic carbocycles. The lowest BCUT2D eigenvalue weighted by atomic mass is 9.76. The smallest absolute Gasteiger partial charge is 0.319 e. The van der Waals surface area contributed by atoms with Crippen LogP contribution in [0.1, 0.15) is 13.3 Å². The molecule has 0 radical (unpaired) electrons. The van der Waals surface area contributed by atoms with Gasteiger partial charge in [-0.05, 0) is 19.3 Å². The van der Waals surface area contributed by atoms with E-state index in [-0.39, 0.29) is 17.9 Å². The van der Waals surface area contributed by atoms with E-state index in [9.17, 15) is 18.0 Å². The minimum Gasteiger partial charge on any atom is -0.480 e. The lowest BCUT2D eigenvalue weighted by molar-refractivity contribution is -0.157. The van der Waals surface area contributed by atoms with Crippen molar-refractivity contribution in [2.75, 3.05) is 18.6 Å². The van der Waals surface area contributed by atoms with Crippen molar-refractivity contribution in [3.8, 4) is 0 Å². The summed E-state index contributed by atoms with van der Waals surface area (Å²) in [4.78, 5) is 22.8. The Morgan fingerprint density at radius 2 is 2.00 bits per heavy atom. The van der Waals surface area contributed by atoms with Crippen LogP contribution >= 0.6 is 0 Å². The second-order valence-electron chi connectivity index (χ2n) is 4.19. The summed E-state index contributed by atoms with van der Waals surface area (Å²) in [6.07, 6.45) is 0.221. The minimum atomic E-state index is -3.20. The zero-order valence-electron chi connectivity index (χ0n) is 9.19. The van der Waals surface area contributed by atoms with Crippen LogP contribution in [0.4, 0.5) is 0 Å². The molecule has 92 valence electrons. The predicted octanol–water partition coefficient (Wildman–Crippen LogP) is -0.742. The van der Waals surface area contributed by atoms with Gasteiger partial charge in [-0.1, -0.05) is 0 Å². The van der Waals surface area contributed by atoms with Gasteiger partial charge in [0.1, 0.15) is 5.41 Å². The van der Waals surface area contributed by atoms with Crippen molar-refractivity contribution < 1.29 is 23.1 Å². The largest absolute Gasteiger partial charge is 0.480 e. The number of hydrogen-bond donors (Lipinski definition) is 2. The summed E-state index contributed by atoms with van der Waals surface area (Å²) in [5.41, 5.74) is -1.67. The van der Waals surface area contributed by atoms with Gasteiger partial charge in [0, 0.05) is 7.05 Å². The first-order valence-corrected chi connectivity index (χ1v) is 6.72. The molecular weight excluding hydrogens is 234 g/mol. The number of amides is 1. The van der Waals surface area contributed by atoms with E-state index in [2.05, 4.69) is 5.32 Å². The summed E-state index contributed by atoms with van der Waals surface area (Å²) in [7, 11) is -1.86. The first-order valence-electron chi connectivity index (χ1n) is 4.90. The van der Waals surface area contributed by atoms with Crippen LogP contribution in [-0.2, 0) is 19.4 Å². The first-order chi connectivity index (χ1) is 7.24. The maximum Gasteiger partial charge on any atom is 0.319 e. The second-order valence-corrected chi connectivity index (χ2v) is 6.42. The Hall–Kier alpha value is -1.11. The average molecular weight is 249 g/mol. The average Bonchev–Trinajstić information content (AvgIpc) is 2.56. The molecule has 7 heteroatoms. The van der Waals surface area contributed by atoms with Gasteiger partial charge in [-0.3, -0.25) is 9.59 Å². The molecule has 0 spiro atoms. The van der Waals surface area contributed by atoms with E-state index >= 15 is 0 Å². The molecule has 0 bridgehead atoms. The van der Waals surface area contributed by atoms with Crippen molar-refractivity contribution >= 4 is 21.7 Å². The van der Waals surface area contributed by atoms with Crippen LogP contribution in [0.3, 0.4) is 0 Å². The second kappa shape index (κ2) is 4.04. The molecule has 1 aliphatic rings. The molecule has 16 heavy (non-hydrogen) atoms. The van der Waals surface area contributed by atoms with Crippen molar-refractivity contribution in [3.63, 3.8) is 0 Å². The number of carbonyl (C=O) groups is 2. The lowest BCUT2D eigenvalue weighted by Gasteiger charge is -2.28. The van der Waals surface area contributed by atoms with Gasteiger partial charge in [0.15, 0.2) is 9.84 Å². The Balaban J connectivity index is 3.06. The van der Waals surface area contributed by atoms with Crippen molar-refractivity contribution in [2.24, 2.45) is 11.3 Å². The zero-order chi connectivity index (χ0) is 12.6. The number of sulfone groups is 1. The Kier molecular flexibility index (Phi) is 3.27. The van der Waals surface area contributed by atoms with E-state index in [4.69, 9.17) is 5.11 Å². The van der Waals surface area contributed by atoms with Crippen LogP contribution in [0.2, 0.25) is 0 Å². The number of carboxylic acids is 1. The summed E-state index contributed by atoms with van der Waals surface area (Å²) >= 11 is 0. The SMILES string of the molecule is CNC(=O)C(C)(C(=O)O)C1CCS(=O)(=O)C1. The van der Waals surface area contributed by atoms with Gasteiger partial charge >= 0.3 is 5.97 Å². The molecule has 2 unspecified atom stereocenters. The molecule has 0 saturated carbocycles. The molecule has 2 atom stereocenters. The topological polar surface area (TPSA) is 101 Å². The van der Waals surface area contributed by atoms with Gasteiger partial charge in [0.2, 0.25) is 5.91 Å². The Bertz CT molecular complexity index is 416. The van der Waals surface area contributed by atoms with Crippen LogP contribution in [-0.4, -0.2) is 44.0 Å². The summed E-state index contributed by atoms with van der Waals surface area (Å²) in [6.45, 7) is 1.28. The van der Waals surface area contributed by atoms with Crippen LogP contribution in [0.15, 0.2) is 0 Å². The van der Waals surface area contributed by atoms with Crippen LogP contribution in [0.5, 0.6) is 0 Å². The van der Waals surface area contributed by atoms with Crippen molar-refractivity contribution in [3.05, 3.63) is 0 Å². The molecule has 1 amide bonds. The fraction of sp³-hybridized carbons (Fsp3) is 0.778. The van der Waals surface area contributed by atoms with E-state index in [1.54, 1.807) is 0 Å². The Morgan fingerprint density at radius 3 is 2.31 bits per heavy atom. The third-order valence-electron chi connectivity index (χ3n) is 3.19. The minimum absolute atomic E-state index is 0.0441. The van der Waals surface area contributed by atoms with Gasteiger partial charge in [0.25, 0.3) is 0 Å². The normalized spacial score (nSPS) is 27.0. The Labute approximate surface area is 93.9 Å². The molecule has 0 aromatic carbocycles. The summed E-state index contributed by atoms with van der Waals surface area (Å²) in [6, 6.07) is 0. The highest BCUT2D eigenvalue weighted by atomic mass is 32.2. The van der Waals surface area contributed by atoms with Crippen molar-refractivity contribution in [1.82, 2.24) is 5.32 Å². The van der Waals surface area contributed by atoms with Crippen LogP contribution in [0.25, 0.3) is 0 Å². The molecule has 1 saturated heterocycles. The van der Waals surface area contributed by atoms with Gasteiger partial charge in [-0.2, -0.15) is 0 Å². The van der Waals surface area contributed by atoms with Crippen molar-refractivity contribution in [2.45, 2.75) is 13.3 Å². The zero-order valence-corrected chi connectivity index (χ0v) is 10.0.